The molecule has 1 unspecified atom stereocenters. The van der Waals surface area contributed by atoms with Crippen molar-refractivity contribution < 1.29 is 18.7 Å². The van der Waals surface area contributed by atoms with Gasteiger partial charge in [0.25, 0.3) is 5.91 Å². The fourth-order valence-corrected chi connectivity index (χ4v) is 2.85. The zero-order valence-electron chi connectivity index (χ0n) is 11.7. The van der Waals surface area contributed by atoms with Crippen LogP contribution < -0.4 is 5.32 Å². The maximum Gasteiger partial charge on any atom is 0.253 e. The fraction of sp³-hybridized carbons (Fsp3) is 0.500. The van der Waals surface area contributed by atoms with E-state index in [-0.39, 0.29) is 37.7 Å². The molecule has 1 saturated carbocycles. The Bertz CT molecular complexity index is 680. The molecule has 6 nitrogen and oxygen atoms in total. The Morgan fingerprint density at radius 3 is 3.00 bits per heavy atom. The summed E-state index contributed by atoms with van der Waals surface area (Å²) in [5, 5.41) is 12.4. The SMILES string of the molecule is O=C(NC(CCO)C1CC(F)(F)C1)c1c[nH]c2ncncc12. The van der Waals surface area contributed by atoms with Crippen molar-refractivity contribution >= 4 is 16.9 Å². The third kappa shape index (κ3) is 2.78. The average molecular weight is 310 g/mol. The number of aromatic nitrogens is 3. The quantitative estimate of drug-likeness (QED) is 0.780. The van der Waals surface area contributed by atoms with Crippen molar-refractivity contribution in [3.05, 3.63) is 24.3 Å². The molecule has 0 radical (unpaired) electrons. The van der Waals surface area contributed by atoms with E-state index >= 15 is 0 Å². The number of hydrogen-bond donors (Lipinski definition) is 3. The van der Waals surface area contributed by atoms with Gasteiger partial charge in [0.05, 0.1) is 5.56 Å². The molecule has 2 aromatic heterocycles. The summed E-state index contributed by atoms with van der Waals surface area (Å²) in [5.41, 5.74) is 0.902. The number of halogens is 2. The van der Waals surface area contributed by atoms with Gasteiger partial charge >= 0.3 is 0 Å². The molecule has 3 N–H and O–H groups in total. The summed E-state index contributed by atoms with van der Waals surface area (Å²) >= 11 is 0. The molecular weight excluding hydrogens is 294 g/mol. The van der Waals surface area contributed by atoms with Crippen LogP contribution in [0.5, 0.6) is 0 Å². The van der Waals surface area contributed by atoms with Crippen LogP contribution in [0.2, 0.25) is 0 Å². The molecule has 1 fully saturated rings. The van der Waals surface area contributed by atoms with Gasteiger partial charge in [-0.2, -0.15) is 0 Å². The smallest absolute Gasteiger partial charge is 0.253 e. The highest BCUT2D eigenvalue weighted by atomic mass is 19.3. The van der Waals surface area contributed by atoms with Gasteiger partial charge in [-0.3, -0.25) is 4.79 Å². The number of alkyl halides is 2. The molecule has 0 bridgehead atoms. The van der Waals surface area contributed by atoms with E-state index in [2.05, 4.69) is 20.3 Å². The Balaban J connectivity index is 1.74. The highest BCUT2D eigenvalue weighted by Gasteiger charge is 2.48. The predicted molar refractivity (Wildman–Crippen MR) is 74.5 cm³/mol. The summed E-state index contributed by atoms with van der Waals surface area (Å²) in [4.78, 5) is 23.1. The number of fused-ring (bicyclic) bond motifs is 1. The minimum Gasteiger partial charge on any atom is -0.396 e. The van der Waals surface area contributed by atoms with E-state index in [0.29, 0.717) is 16.6 Å². The number of H-pyrrole nitrogens is 1. The minimum atomic E-state index is -2.66. The van der Waals surface area contributed by atoms with Gasteiger partial charge in [0.1, 0.15) is 12.0 Å². The fourth-order valence-electron chi connectivity index (χ4n) is 2.85. The second-order valence-electron chi connectivity index (χ2n) is 5.60. The van der Waals surface area contributed by atoms with E-state index < -0.39 is 12.0 Å². The van der Waals surface area contributed by atoms with Gasteiger partial charge < -0.3 is 15.4 Å². The highest BCUT2D eigenvalue weighted by molar-refractivity contribution is 6.05. The lowest BCUT2D eigenvalue weighted by Crippen LogP contribution is -2.50. The number of nitrogens with zero attached hydrogens (tertiary/aromatic N) is 2. The molecule has 1 amide bonds. The maximum atomic E-state index is 13.0. The van der Waals surface area contributed by atoms with Crippen LogP contribution in [0.15, 0.2) is 18.7 Å². The molecule has 0 aromatic carbocycles. The zero-order valence-corrected chi connectivity index (χ0v) is 11.7. The number of aliphatic hydroxyl groups excluding tert-OH is 1. The molecule has 0 aliphatic heterocycles. The number of rotatable bonds is 5. The van der Waals surface area contributed by atoms with Gasteiger partial charge in [-0.1, -0.05) is 0 Å². The molecule has 0 spiro atoms. The Kier molecular flexibility index (Phi) is 3.78. The first-order valence-corrected chi connectivity index (χ1v) is 7.07. The average Bonchev–Trinajstić information content (AvgIpc) is 2.88. The van der Waals surface area contributed by atoms with Crippen molar-refractivity contribution in [1.29, 1.82) is 0 Å². The summed E-state index contributed by atoms with van der Waals surface area (Å²) in [5.74, 6) is -3.35. The molecule has 8 heteroatoms. The Hall–Kier alpha value is -2.09. The molecule has 2 aromatic rings. The molecule has 3 rings (SSSR count). The van der Waals surface area contributed by atoms with Crippen LogP contribution in [0.25, 0.3) is 11.0 Å². The Morgan fingerprint density at radius 2 is 2.32 bits per heavy atom. The highest BCUT2D eigenvalue weighted by Crippen LogP contribution is 2.44. The van der Waals surface area contributed by atoms with Crippen LogP contribution in [0.3, 0.4) is 0 Å². The van der Waals surface area contributed by atoms with Crippen molar-refractivity contribution in [3.63, 3.8) is 0 Å². The van der Waals surface area contributed by atoms with Gasteiger partial charge in [-0.15, -0.1) is 0 Å². The van der Waals surface area contributed by atoms with Gasteiger partial charge in [0.15, 0.2) is 0 Å². The van der Waals surface area contributed by atoms with Gasteiger partial charge in [0, 0.05) is 43.3 Å². The van der Waals surface area contributed by atoms with Gasteiger partial charge in [0.2, 0.25) is 5.92 Å². The van der Waals surface area contributed by atoms with E-state index in [1.807, 2.05) is 0 Å². The van der Waals surface area contributed by atoms with E-state index in [1.165, 1.54) is 18.7 Å². The molecule has 1 aliphatic carbocycles. The lowest BCUT2D eigenvalue weighted by Gasteiger charge is -2.40. The molecular formula is C14H16F2N4O2. The van der Waals surface area contributed by atoms with Crippen LogP contribution >= 0.6 is 0 Å². The number of aromatic amines is 1. The standard InChI is InChI=1S/C14H16F2N4O2/c15-14(16)3-8(4-14)11(1-2-21)20-13(22)10-6-18-12-9(10)5-17-7-19-12/h5-8,11,21H,1-4H2,(H,20,22)(H,17,18,19). The number of carbonyl (C=O) groups is 1. The summed E-state index contributed by atoms with van der Waals surface area (Å²) < 4.78 is 26.0. The zero-order chi connectivity index (χ0) is 15.7. The van der Waals surface area contributed by atoms with Crippen LogP contribution in [0.1, 0.15) is 29.6 Å². The van der Waals surface area contributed by atoms with Crippen molar-refractivity contribution in [1.82, 2.24) is 20.3 Å². The largest absolute Gasteiger partial charge is 0.396 e. The van der Waals surface area contributed by atoms with E-state index in [1.54, 1.807) is 0 Å². The number of carbonyl (C=O) groups excluding carboxylic acids is 1. The molecule has 22 heavy (non-hydrogen) atoms. The van der Waals surface area contributed by atoms with Gasteiger partial charge in [-0.05, 0) is 12.3 Å². The first kappa shape index (κ1) is 14.8. The number of amides is 1. The summed E-state index contributed by atoms with van der Waals surface area (Å²) in [7, 11) is 0. The molecule has 0 saturated heterocycles. The second-order valence-corrected chi connectivity index (χ2v) is 5.60. The van der Waals surface area contributed by atoms with Crippen LogP contribution in [-0.2, 0) is 0 Å². The summed E-state index contributed by atoms with van der Waals surface area (Å²) in [6.07, 6.45) is 4.15. The van der Waals surface area contributed by atoms with E-state index in [4.69, 9.17) is 5.11 Å². The van der Waals surface area contributed by atoms with Crippen LogP contribution in [-0.4, -0.2) is 44.5 Å². The third-order valence-electron chi connectivity index (χ3n) is 4.05. The number of nitrogens with one attached hydrogen (secondary N) is 2. The van der Waals surface area contributed by atoms with Crippen LogP contribution in [0, 0.1) is 5.92 Å². The normalized spacial score (nSPS) is 18.9. The lowest BCUT2D eigenvalue weighted by molar-refractivity contribution is -0.119. The predicted octanol–water partition coefficient (Wildman–Crippen LogP) is 1.48. The Morgan fingerprint density at radius 1 is 1.55 bits per heavy atom. The van der Waals surface area contributed by atoms with Crippen molar-refractivity contribution in [2.75, 3.05) is 6.61 Å². The third-order valence-corrected chi connectivity index (χ3v) is 4.05. The first-order chi connectivity index (χ1) is 10.5. The first-order valence-electron chi connectivity index (χ1n) is 7.07. The number of hydrogen-bond acceptors (Lipinski definition) is 4. The topological polar surface area (TPSA) is 90.9 Å². The summed E-state index contributed by atoms with van der Waals surface area (Å²) in [6.45, 7) is -0.163. The van der Waals surface area contributed by atoms with E-state index in [9.17, 15) is 13.6 Å². The molecule has 1 aliphatic rings. The summed E-state index contributed by atoms with van der Waals surface area (Å²) in [6, 6.07) is -0.466. The van der Waals surface area contributed by atoms with Crippen molar-refractivity contribution in [3.8, 4) is 0 Å². The number of aliphatic hydroxyl groups is 1. The monoisotopic (exact) mass is 310 g/mol. The maximum absolute atomic E-state index is 13.0. The minimum absolute atomic E-state index is 0.163. The molecule has 1 atom stereocenters. The van der Waals surface area contributed by atoms with Crippen molar-refractivity contribution in [2.24, 2.45) is 5.92 Å². The second kappa shape index (κ2) is 5.60. The molecule has 118 valence electrons. The molecule has 2 heterocycles. The van der Waals surface area contributed by atoms with Crippen molar-refractivity contribution in [2.45, 2.75) is 31.2 Å². The van der Waals surface area contributed by atoms with Gasteiger partial charge in [-0.25, -0.2) is 18.7 Å². The lowest BCUT2D eigenvalue weighted by atomic mass is 9.75. The van der Waals surface area contributed by atoms with Crippen LogP contribution in [0.4, 0.5) is 8.78 Å². The Labute approximate surface area is 125 Å². The van der Waals surface area contributed by atoms with E-state index in [0.717, 1.165) is 0 Å².